The molecule has 140 valence electrons. The molecule has 0 aliphatic carbocycles. The predicted octanol–water partition coefficient (Wildman–Crippen LogP) is 4.61. The van der Waals surface area contributed by atoms with Crippen molar-refractivity contribution in [1.82, 2.24) is 9.88 Å². The molecule has 0 saturated heterocycles. The van der Waals surface area contributed by atoms with Crippen molar-refractivity contribution in [3.8, 4) is 0 Å². The summed E-state index contributed by atoms with van der Waals surface area (Å²) in [6, 6.07) is 27.1. The molecule has 28 heavy (non-hydrogen) atoms. The number of aliphatic carboxylic acids is 1. The fraction of sp³-hybridized carbons (Fsp3) is 0.125. The number of para-hydroxylation sites is 1. The van der Waals surface area contributed by atoms with Crippen LogP contribution in [0.4, 0.5) is 0 Å². The zero-order valence-electron chi connectivity index (χ0n) is 15.5. The van der Waals surface area contributed by atoms with E-state index in [-0.39, 0.29) is 0 Å². The standard InChI is InChI=1S/C24H22N2O2/c27-24(28)23(19-11-5-2-6-12-19)25-15-20-17-26(16-18-9-3-1-4-10-18)22-14-8-7-13-21(20)22/h1-14,17,23,25H,15-16H2,(H,27,28). The molecule has 3 aromatic carbocycles. The third-order valence-electron chi connectivity index (χ3n) is 4.94. The topological polar surface area (TPSA) is 54.3 Å². The Bertz CT molecular complexity index is 1070. The van der Waals surface area contributed by atoms with Crippen LogP contribution in [0, 0.1) is 0 Å². The van der Waals surface area contributed by atoms with Crippen LogP contribution < -0.4 is 5.32 Å². The van der Waals surface area contributed by atoms with Crippen LogP contribution in [0.1, 0.15) is 22.7 Å². The maximum Gasteiger partial charge on any atom is 0.325 e. The number of nitrogens with zero attached hydrogens (tertiary/aromatic N) is 1. The lowest BCUT2D eigenvalue weighted by atomic mass is 10.1. The minimum Gasteiger partial charge on any atom is -0.480 e. The first kappa shape index (κ1) is 18.0. The molecule has 0 fully saturated rings. The second-order valence-corrected chi connectivity index (χ2v) is 6.85. The molecule has 1 heterocycles. The van der Waals surface area contributed by atoms with E-state index < -0.39 is 12.0 Å². The average Bonchev–Trinajstić information content (AvgIpc) is 3.07. The van der Waals surface area contributed by atoms with Gasteiger partial charge in [-0.25, -0.2) is 0 Å². The van der Waals surface area contributed by atoms with Crippen LogP contribution in [-0.4, -0.2) is 15.6 Å². The van der Waals surface area contributed by atoms with E-state index in [4.69, 9.17) is 0 Å². The first-order chi connectivity index (χ1) is 13.7. The van der Waals surface area contributed by atoms with Crippen molar-refractivity contribution >= 4 is 16.9 Å². The SMILES string of the molecule is O=C(O)C(NCc1cn(Cc2ccccc2)c2ccccc12)c1ccccc1. The van der Waals surface area contributed by atoms with Crippen LogP contribution in [0.2, 0.25) is 0 Å². The highest BCUT2D eigenvalue weighted by Crippen LogP contribution is 2.23. The van der Waals surface area contributed by atoms with E-state index >= 15 is 0 Å². The Kier molecular flexibility index (Phi) is 5.22. The van der Waals surface area contributed by atoms with Crippen LogP contribution >= 0.6 is 0 Å². The Morgan fingerprint density at radius 2 is 1.54 bits per heavy atom. The number of hydrogen-bond acceptors (Lipinski definition) is 2. The van der Waals surface area contributed by atoms with Crippen LogP contribution in [-0.2, 0) is 17.9 Å². The molecule has 1 aromatic heterocycles. The van der Waals surface area contributed by atoms with E-state index in [9.17, 15) is 9.90 Å². The van der Waals surface area contributed by atoms with Gasteiger partial charge in [0.2, 0.25) is 0 Å². The maximum absolute atomic E-state index is 11.8. The van der Waals surface area contributed by atoms with Crippen molar-refractivity contribution in [2.75, 3.05) is 0 Å². The monoisotopic (exact) mass is 370 g/mol. The summed E-state index contributed by atoms with van der Waals surface area (Å²) < 4.78 is 2.22. The third kappa shape index (κ3) is 3.82. The number of carboxylic acid groups (broad SMARTS) is 1. The van der Waals surface area contributed by atoms with E-state index in [1.807, 2.05) is 60.7 Å². The van der Waals surface area contributed by atoms with E-state index in [0.717, 1.165) is 28.6 Å². The van der Waals surface area contributed by atoms with Crippen molar-refractivity contribution in [3.63, 3.8) is 0 Å². The minimum atomic E-state index is -0.876. The first-order valence-electron chi connectivity index (χ1n) is 9.34. The molecule has 1 unspecified atom stereocenters. The maximum atomic E-state index is 11.8. The van der Waals surface area contributed by atoms with Crippen LogP contribution in [0.25, 0.3) is 10.9 Å². The largest absolute Gasteiger partial charge is 0.480 e. The summed E-state index contributed by atoms with van der Waals surface area (Å²) >= 11 is 0. The number of nitrogens with one attached hydrogen (secondary N) is 1. The second-order valence-electron chi connectivity index (χ2n) is 6.85. The number of rotatable bonds is 7. The minimum absolute atomic E-state index is 0.480. The van der Waals surface area contributed by atoms with Gasteiger partial charge in [-0.1, -0.05) is 78.9 Å². The molecule has 4 aromatic rings. The van der Waals surface area contributed by atoms with Crippen molar-refractivity contribution in [1.29, 1.82) is 0 Å². The lowest BCUT2D eigenvalue weighted by Gasteiger charge is -2.14. The Balaban J connectivity index is 1.61. The smallest absolute Gasteiger partial charge is 0.325 e. The molecule has 0 aliphatic heterocycles. The fourth-order valence-corrected chi connectivity index (χ4v) is 3.58. The molecule has 0 spiro atoms. The molecule has 0 radical (unpaired) electrons. The van der Waals surface area contributed by atoms with Crippen molar-refractivity contribution < 1.29 is 9.90 Å². The summed E-state index contributed by atoms with van der Waals surface area (Å²) in [4.78, 5) is 11.8. The summed E-state index contributed by atoms with van der Waals surface area (Å²) in [5.41, 5.74) is 4.22. The Morgan fingerprint density at radius 1 is 0.893 bits per heavy atom. The number of benzene rings is 3. The van der Waals surface area contributed by atoms with Gasteiger partial charge >= 0.3 is 5.97 Å². The lowest BCUT2D eigenvalue weighted by molar-refractivity contribution is -0.139. The summed E-state index contributed by atoms with van der Waals surface area (Å²) in [6.45, 7) is 1.26. The molecular weight excluding hydrogens is 348 g/mol. The average molecular weight is 370 g/mol. The van der Waals surface area contributed by atoms with Gasteiger partial charge in [-0.2, -0.15) is 0 Å². The first-order valence-corrected chi connectivity index (χ1v) is 9.34. The summed E-state index contributed by atoms with van der Waals surface area (Å²) in [6.07, 6.45) is 2.12. The zero-order valence-corrected chi connectivity index (χ0v) is 15.5. The van der Waals surface area contributed by atoms with E-state index in [1.54, 1.807) is 0 Å². The molecule has 4 heteroatoms. The number of hydrogen-bond donors (Lipinski definition) is 2. The molecule has 4 rings (SSSR count). The highest BCUT2D eigenvalue weighted by Gasteiger charge is 2.19. The van der Waals surface area contributed by atoms with Gasteiger partial charge in [-0.15, -0.1) is 0 Å². The molecule has 2 N–H and O–H groups in total. The van der Waals surface area contributed by atoms with Gasteiger partial charge in [0.05, 0.1) is 0 Å². The third-order valence-corrected chi connectivity index (χ3v) is 4.94. The number of carboxylic acids is 1. The molecule has 0 amide bonds. The number of carbonyl (C=O) groups is 1. The molecule has 0 saturated carbocycles. The highest BCUT2D eigenvalue weighted by atomic mass is 16.4. The summed E-state index contributed by atoms with van der Waals surface area (Å²) in [5, 5.41) is 14.0. The van der Waals surface area contributed by atoms with E-state index in [1.165, 1.54) is 5.56 Å². The predicted molar refractivity (Wildman–Crippen MR) is 111 cm³/mol. The van der Waals surface area contributed by atoms with Gasteiger partial charge in [0, 0.05) is 30.2 Å². The van der Waals surface area contributed by atoms with Gasteiger partial charge in [-0.3, -0.25) is 10.1 Å². The van der Waals surface area contributed by atoms with Crippen LogP contribution in [0.3, 0.4) is 0 Å². The van der Waals surface area contributed by atoms with E-state index in [0.29, 0.717) is 6.54 Å². The van der Waals surface area contributed by atoms with Gasteiger partial charge in [0.25, 0.3) is 0 Å². The van der Waals surface area contributed by atoms with Gasteiger partial charge in [0.1, 0.15) is 6.04 Å². The van der Waals surface area contributed by atoms with Crippen molar-refractivity contribution in [2.24, 2.45) is 0 Å². The Labute approximate surface area is 164 Å². The molecule has 4 nitrogen and oxygen atoms in total. The van der Waals surface area contributed by atoms with Crippen molar-refractivity contribution in [2.45, 2.75) is 19.1 Å². The second kappa shape index (κ2) is 8.11. The molecule has 1 atom stereocenters. The van der Waals surface area contributed by atoms with Gasteiger partial charge in [0.15, 0.2) is 0 Å². The zero-order chi connectivity index (χ0) is 19.3. The van der Waals surface area contributed by atoms with Crippen molar-refractivity contribution in [3.05, 3.63) is 108 Å². The highest BCUT2D eigenvalue weighted by molar-refractivity contribution is 5.84. The van der Waals surface area contributed by atoms with Gasteiger partial charge in [-0.05, 0) is 22.8 Å². The Hall–Kier alpha value is -3.37. The fourth-order valence-electron chi connectivity index (χ4n) is 3.58. The summed E-state index contributed by atoms with van der Waals surface area (Å²) in [7, 11) is 0. The van der Waals surface area contributed by atoms with Crippen LogP contribution in [0.15, 0.2) is 91.1 Å². The Morgan fingerprint density at radius 3 is 2.25 bits per heavy atom. The lowest BCUT2D eigenvalue weighted by Crippen LogP contribution is -2.28. The van der Waals surface area contributed by atoms with E-state index in [2.05, 4.69) is 40.3 Å². The number of aromatic nitrogens is 1. The molecule has 0 bridgehead atoms. The quantitative estimate of drug-likeness (QED) is 0.500. The molecule has 0 aliphatic rings. The molecular formula is C24H22N2O2. The van der Waals surface area contributed by atoms with Gasteiger partial charge < -0.3 is 9.67 Å². The summed E-state index contributed by atoms with van der Waals surface area (Å²) in [5.74, 6) is -0.876. The van der Waals surface area contributed by atoms with Crippen LogP contribution in [0.5, 0.6) is 0 Å². The number of fused-ring (bicyclic) bond motifs is 1. The normalized spacial score (nSPS) is 12.1.